The zero-order valence-corrected chi connectivity index (χ0v) is 7.23. The van der Waals surface area contributed by atoms with Crippen molar-refractivity contribution < 1.29 is 9.90 Å². The molecule has 1 aliphatic rings. The highest BCUT2D eigenvalue weighted by Gasteiger charge is 2.21. The van der Waals surface area contributed by atoms with E-state index in [1.807, 2.05) is 6.07 Å². The quantitative estimate of drug-likeness (QED) is 0.633. The molecule has 4 heteroatoms. The Hall–Kier alpha value is -1.29. The molecule has 1 aromatic rings. The van der Waals surface area contributed by atoms with Gasteiger partial charge in [0.05, 0.1) is 0 Å². The summed E-state index contributed by atoms with van der Waals surface area (Å²) in [5, 5.41) is 8.84. The van der Waals surface area contributed by atoms with Crippen molar-refractivity contribution in [1.82, 2.24) is 4.57 Å². The molecule has 4 nitrogen and oxygen atoms in total. The zero-order chi connectivity index (χ0) is 9.42. The Kier molecular flexibility index (Phi) is 1.84. The lowest BCUT2D eigenvalue weighted by Gasteiger charge is -2.19. The first-order valence-electron chi connectivity index (χ1n) is 4.39. The average molecular weight is 180 g/mol. The van der Waals surface area contributed by atoms with Crippen molar-refractivity contribution >= 4 is 6.09 Å². The molecule has 1 aromatic heterocycles. The minimum absolute atomic E-state index is 0.0179. The number of carboxylic acid groups (broad SMARTS) is 1. The van der Waals surface area contributed by atoms with Gasteiger partial charge in [0.2, 0.25) is 0 Å². The second kappa shape index (κ2) is 2.88. The molecule has 13 heavy (non-hydrogen) atoms. The number of hydrogen-bond donors (Lipinski definition) is 2. The molecule has 2 rings (SSSR count). The molecular formula is C9H12N2O2. The smallest absolute Gasteiger partial charge is 0.415 e. The Morgan fingerprint density at radius 2 is 2.46 bits per heavy atom. The molecule has 0 radical (unpaired) electrons. The molecule has 1 heterocycles. The number of fused-ring (bicyclic) bond motifs is 1. The van der Waals surface area contributed by atoms with Gasteiger partial charge in [-0.25, -0.2) is 4.79 Å². The molecule has 0 saturated heterocycles. The van der Waals surface area contributed by atoms with Gasteiger partial charge in [-0.15, -0.1) is 0 Å². The second-order valence-electron chi connectivity index (χ2n) is 3.37. The van der Waals surface area contributed by atoms with Gasteiger partial charge in [0.15, 0.2) is 0 Å². The summed E-state index contributed by atoms with van der Waals surface area (Å²) < 4.78 is 1.27. The van der Waals surface area contributed by atoms with Gasteiger partial charge >= 0.3 is 6.09 Å². The Morgan fingerprint density at radius 1 is 1.69 bits per heavy atom. The van der Waals surface area contributed by atoms with Crippen LogP contribution in [0.5, 0.6) is 0 Å². The SMILES string of the molecule is NC1CCCc2c1ccn2C(=O)O. The number of hydrogen-bond acceptors (Lipinski definition) is 2. The third-order valence-corrected chi connectivity index (χ3v) is 2.56. The summed E-state index contributed by atoms with van der Waals surface area (Å²) in [5.74, 6) is 0. The van der Waals surface area contributed by atoms with E-state index in [1.54, 1.807) is 6.20 Å². The van der Waals surface area contributed by atoms with E-state index in [2.05, 4.69) is 0 Å². The maximum atomic E-state index is 10.8. The highest BCUT2D eigenvalue weighted by atomic mass is 16.4. The van der Waals surface area contributed by atoms with Crippen LogP contribution in [0.4, 0.5) is 4.79 Å². The van der Waals surface area contributed by atoms with Gasteiger partial charge in [0, 0.05) is 17.9 Å². The average Bonchev–Trinajstić information content (AvgIpc) is 2.48. The van der Waals surface area contributed by atoms with Crippen LogP contribution in [0.3, 0.4) is 0 Å². The van der Waals surface area contributed by atoms with Crippen LogP contribution in [0.2, 0.25) is 0 Å². The minimum atomic E-state index is -0.921. The van der Waals surface area contributed by atoms with Crippen molar-refractivity contribution in [1.29, 1.82) is 0 Å². The molecule has 0 aliphatic heterocycles. The summed E-state index contributed by atoms with van der Waals surface area (Å²) in [6.07, 6.45) is 3.41. The molecule has 1 aliphatic carbocycles. The lowest BCUT2D eigenvalue weighted by atomic mass is 9.94. The molecule has 0 saturated carbocycles. The van der Waals surface area contributed by atoms with Crippen molar-refractivity contribution in [2.24, 2.45) is 5.73 Å². The van der Waals surface area contributed by atoms with Crippen molar-refractivity contribution in [3.63, 3.8) is 0 Å². The molecule has 3 N–H and O–H groups in total. The van der Waals surface area contributed by atoms with Crippen LogP contribution in [-0.2, 0) is 6.42 Å². The summed E-state index contributed by atoms with van der Waals surface area (Å²) in [5.41, 5.74) is 7.71. The van der Waals surface area contributed by atoms with Gasteiger partial charge in [0.1, 0.15) is 0 Å². The number of rotatable bonds is 0. The van der Waals surface area contributed by atoms with Crippen LogP contribution in [-0.4, -0.2) is 15.8 Å². The highest BCUT2D eigenvalue weighted by Crippen LogP contribution is 2.28. The van der Waals surface area contributed by atoms with E-state index in [4.69, 9.17) is 10.8 Å². The maximum absolute atomic E-state index is 10.8. The van der Waals surface area contributed by atoms with Gasteiger partial charge in [-0.1, -0.05) is 0 Å². The molecule has 0 bridgehead atoms. The fourth-order valence-corrected chi connectivity index (χ4v) is 1.91. The molecule has 1 atom stereocenters. The van der Waals surface area contributed by atoms with Crippen LogP contribution in [0.15, 0.2) is 12.3 Å². The van der Waals surface area contributed by atoms with Crippen molar-refractivity contribution in [3.8, 4) is 0 Å². The summed E-state index contributed by atoms with van der Waals surface area (Å²) in [4.78, 5) is 10.8. The van der Waals surface area contributed by atoms with Crippen molar-refractivity contribution in [2.75, 3.05) is 0 Å². The largest absolute Gasteiger partial charge is 0.464 e. The van der Waals surface area contributed by atoms with Crippen molar-refractivity contribution in [3.05, 3.63) is 23.5 Å². The number of carbonyl (C=O) groups is 1. The third kappa shape index (κ3) is 1.23. The van der Waals surface area contributed by atoms with E-state index in [1.165, 1.54) is 4.57 Å². The van der Waals surface area contributed by atoms with Gasteiger partial charge < -0.3 is 10.8 Å². The number of aromatic nitrogens is 1. The predicted molar refractivity (Wildman–Crippen MR) is 47.7 cm³/mol. The van der Waals surface area contributed by atoms with Crippen LogP contribution in [0.25, 0.3) is 0 Å². The first-order chi connectivity index (χ1) is 6.20. The van der Waals surface area contributed by atoms with Gasteiger partial charge in [-0.2, -0.15) is 0 Å². The Bertz CT molecular complexity index is 343. The summed E-state index contributed by atoms with van der Waals surface area (Å²) in [7, 11) is 0. The third-order valence-electron chi connectivity index (χ3n) is 2.56. The van der Waals surface area contributed by atoms with E-state index in [0.29, 0.717) is 0 Å². The van der Waals surface area contributed by atoms with Crippen molar-refractivity contribution in [2.45, 2.75) is 25.3 Å². The van der Waals surface area contributed by atoms with Crippen LogP contribution in [0, 0.1) is 0 Å². The Morgan fingerprint density at radius 3 is 3.15 bits per heavy atom. The molecule has 70 valence electrons. The first-order valence-corrected chi connectivity index (χ1v) is 4.39. The minimum Gasteiger partial charge on any atom is -0.464 e. The predicted octanol–water partition coefficient (Wildman–Crippen LogP) is 1.35. The van der Waals surface area contributed by atoms with E-state index in [0.717, 1.165) is 30.5 Å². The first kappa shape index (κ1) is 8.31. The van der Waals surface area contributed by atoms with Crippen LogP contribution < -0.4 is 5.73 Å². The van der Waals surface area contributed by atoms with Crippen LogP contribution in [0.1, 0.15) is 30.1 Å². The zero-order valence-electron chi connectivity index (χ0n) is 7.23. The molecule has 0 spiro atoms. The molecule has 1 unspecified atom stereocenters. The fourth-order valence-electron chi connectivity index (χ4n) is 1.91. The lowest BCUT2D eigenvalue weighted by Crippen LogP contribution is -2.20. The van der Waals surface area contributed by atoms with Gasteiger partial charge in [-0.05, 0) is 30.9 Å². The number of nitrogens with two attached hydrogens (primary N) is 1. The highest BCUT2D eigenvalue weighted by molar-refractivity contribution is 5.70. The monoisotopic (exact) mass is 180 g/mol. The lowest BCUT2D eigenvalue weighted by molar-refractivity contribution is 0.195. The molecule has 0 amide bonds. The maximum Gasteiger partial charge on any atom is 0.415 e. The fraction of sp³-hybridized carbons (Fsp3) is 0.444. The Labute approximate surface area is 76.0 Å². The normalized spacial score (nSPS) is 21.2. The number of nitrogens with zero attached hydrogens (tertiary/aromatic N) is 1. The van der Waals surface area contributed by atoms with Gasteiger partial charge in [0.25, 0.3) is 0 Å². The van der Waals surface area contributed by atoms with E-state index in [9.17, 15) is 4.79 Å². The van der Waals surface area contributed by atoms with Gasteiger partial charge in [-0.3, -0.25) is 4.57 Å². The summed E-state index contributed by atoms with van der Waals surface area (Å²) in [6, 6.07) is 1.83. The molecule has 0 fully saturated rings. The molecule has 0 aromatic carbocycles. The summed E-state index contributed by atoms with van der Waals surface area (Å²) >= 11 is 0. The topological polar surface area (TPSA) is 68.2 Å². The standard InChI is InChI=1S/C9H12N2O2/c10-7-2-1-3-8-6(7)4-5-11(8)9(12)13/h4-5,7H,1-3,10H2,(H,12,13). The van der Waals surface area contributed by atoms with E-state index in [-0.39, 0.29) is 6.04 Å². The Balaban J connectivity index is 2.47. The van der Waals surface area contributed by atoms with E-state index < -0.39 is 6.09 Å². The molecular weight excluding hydrogens is 168 g/mol. The summed E-state index contributed by atoms with van der Waals surface area (Å²) in [6.45, 7) is 0. The van der Waals surface area contributed by atoms with Crippen LogP contribution >= 0.6 is 0 Å². The second-order valence-corrected chi connectivity index (χ2v) is 3.37. The van der Waals surface area contributed by atoms with E-state index >= 15 is 0 Å².